The summed E-state index contributed by atoms with van der Waals surface area (Å²) in [5.41, 5.74) is 6.80. The fourth-order valence-electron chi connectivity index (χ4n) is 1.01. The lowest BCUT2D eigenvalue weighted by molar-refractivity contribution is -0.113. The number of nitrogens with two attached hydrogens (primary N) is 1. The van der Waals surface area contributed by atoms with Crippen molar-refractivity contribution in [1.82, 2.24) is 0 Å². The van der Waals surface area contributed by atoms with Crippen LogP contribution in [0, 0.1) is 0 Å². The molecule has 0 unspecified atom stereocenters. The van der Waals surface area contributed by atoms with Gasteiger partial charge in [0.15, 0.2) is 0 Å². The van der Waals surface area contributed by atoms with Gasteiger partial charge in [0.05, 0.1) is 0 Å². The molecule has 0 atom stereocenters. The zero-order chi connectivity index (χ0) is 9.84. The minimum absolute atomic E-state index is 0.438. The number of carbonyl (C=O) groups is 1. The van der Waals surface area contributed by atoms with Crippen LogP contribution in [0.3, 0.4) is 0 Å². The summed E-state index contributed by atoms with van der Waals surface area (Å²) in [7, 11) is 0. The summed E-state index contributed by atoms with van der Waals surface area (Å²) >= 11 is 5.71. The Hall–Kier alpha value is -1.28. The summed E-state index contributed by atoms with van der Waals surface area (Å²) in [4.78, 5) is 10.6. The summed E-state index contributed by atoms with van der Waals surface area (Å²) in [6, 6.07) is 7.23. The molecule has 1 amide bonds. The highest BCUT2D eigenvalue weighted by molar-refractivity contribution is 6.30. The fourth-order valence-corrected chi connectivity index (χ4v) is 1.14. The second kappa shape index (κ2) is 4.10. The zero-order valence-electron chi connectivity index (χ0n) is 7.25. The van der Waals surface area contributed by atoms with E-state index >= 15 is 0 Å². The van der Waals surface area contributed by atoms with E-state index in [4.69, 9.17) is 17.3 Å². The van der Waals surface area contributed by atoms with Gasteiger partial charge in [-0.2, -0.15) is 0 Å². The van der Waals surface area contributed by atoms with Crippen molar-refractivity contribution in [3.8, 4) is 0 Å². The van der Waals surface area contributed by atoms with Crippen molar-refractivity contribution >= 4 is 23.1 Å². The molecule has 0 spiro atoms. The van der Waals surface area contributed by atoms with E-state index in [9.17, 15) is 4.79 Å². The number of hydrogen-bond donors (Lipinski definition) is 1. The highest BCUT2D eigenvalue weighted by Gasteiger charge is 1.96. The second-order valence-corrected chi connectivity index (χ2v) is 3.17. The van der Waals surface area contributed by atoms with Crippen LogP contribution in [-0.4, -0.2) is 5.91 Å². The Labute approximate surface area is 82.0 Å². The van der Waals surface area contributed by atoms with E-state index < -0.39 is 5.91 Å². The molecule has 2 N–H and O–H groups in total. The molecule has 1 rings (SSSR count). The minimum Gasteiger partial charge on any atom is -0.366 e. The Balaban J connectivity index is 2.96. The topological polar surface area (TPSA) is 43.1 Å². The first-order chi connectivity index (χ1) is 6.09. The third-order valence-electron chi connectivity index (χ3n) is 1.66. The van der Waals surface area contributed by atoms with Crippen LogP contribution < -0.4 is 5.73 Å². The number of hydrogen-bond acceptors (Lipinski definition) is 1. The largest absolute Gasteiger partial charge is 0.366 e. The van der Waals surface area contributed by atoms with Crippen LogP contribution >= 0.6 is 11.6 Å². The number of amides is 1. The quantitative estimate of drug-likeness (QED) is 0.723. The van der Waals surface area contributed by atoms with Crippen molar-refractivity contribution in [3.05, 3.63) is 40.9 Å². The predicted octanol–water partition coefficient (Wildman–Crippen LogP) is 2.23. The maximum atomic E-state index is 10.6. The van der Waals surface area contributed by atoms with Crippen LogP contribution in [0.25, 0.3) is 5.57 Å². The summed E-state index contributed by atoms with van der Waals surface area (Å²) in [5, 5.41) is 0.677. The Bertz CT molecular complexity index is 340. The van der Waals surface area contributed by atoms with E-state index in [1.165, 1.54) is 6.08 Å². The molecule has 0 bridgehead atoms. The molecule has 2 nitrogen and oxygen atoms in total. The number of primary amides is 1. The lowest BCUT2D eigenvalue weighted by atomic mass is 10.1. The molecule has 0 aliphatic heterocycles. The molecule has 0 fully saturated rings. The second-order valence-electron chi connectivity index (χ2n) is 2.74. The molecule has 0 saturated carbocycles. The van der Waals surface area contributed by atoms with Crippen LogP contribution in [-0.2, 0) is 4.79 Å². The molecule has 13 heavy (non-hydrogen) atoms. The van der Waals surface area contributed by atoms with Crippen LogP contribution in [0.4, 0.5) is 0 Å². The standard InChI is InChI=1S/C10H10ClNO/c1-7(6-10(12)13)8-2-4-9(11)5-3-8/h2-6H,1H3,(H2,12,13)/b7-6+. The SMILES string of the molecule is C/C(=C\C(N)=O)c1ccc(Cl)cc1. The average molecular weight is 196 g/mol. The normalized spacial score (nSPS) is 11.4. The number of benzene rings is 1. The van der Waals surface area contributed by atoms with Crippen molar-refractivity contribution in [2.75, 3.05) is 0 Å². The van der Waals surface area contributed by atoms with E-state index in [0.717, 1.165) is 11.1 Å². The fraction of sp³-hybridized carbons (Fsp3) is 0.100. The molecule has 68 valence electrons. The first-order valence-electron chi connectivity index (χ1n) is 3.83. The van der Waals surface area contributed by atoms with Crippen molar-refractivity contribution in [2.45, 2.75) is 6.92 Å². The smallest absolute Gasteiger partial charge is 0.241 e. The van der Waals surface area contributed by atoms with Gasteiger partial charge in [0.25, 0.3) is 0 Å². The molecule has 0 radical (unpaired) electrons. The Morgan fingerprint density at radius 1 is 1.38 bits per heavy atom. The van der Waals surface area contributed by atoms with E-state index in [1.807, 2.05) is 19.1 Å². The summed E-state index contributed by atoms with van der Waals surface area (Å²) in [5.74, 6) is -0.438. The first-order valence-corrected chi connectivity index (χ1v) is 4.21. The van der Waals surface area contributed by atoms with Gasteiger partial charge in [0.1, 0.15) is 0 Å². The molecule has 0 saturated heterocycles. The van der Waals surface area contributed by atoms with Gasteiger partial charge in [-0.3, -0.25) is 4.79 Å². The first kappa shape index (κ1) is 9.81. The highest BCUT2D eigenvalue weighted by Crippen LogP contribution is 2.16. The summed E-state index contributed by atoms with van der Waals surface area (Å²) in [6.45, 7) is 1.83. The third kappa shape index (κ3) is 2.92. The molecule has 0 aromatic heterocycles. The summed E-state index contributed by atoms with van der Waals surface area (Å²) in [6.07, 6.45) is 1.39. The van der Waals surface area contributed by atoms with Crippen LogP contribution in [0.5, 0.6) is 0 Å². The van der Waals surface area contributed by atoms with E-state index in [2.05, 4.69) is 0 Å². The highest BCUT2D eigenvalue weighted by atomic mass is 35.5. The molecule has 0 aliphatic carbocycles. The van der Waals surface area contributed by atoms with Crippen LogP contribution in [0.2, 0.25) is 5.02 Å². The van der Waals surface area contributed by atoms with Gasteiger partial charge in [-0.15, -0.1) is 0 Å². The van der Waals surface area contributed by atoms with Gasteiger partial charge in [-0.1, -0.05) is 23.7 Å². The van der Waals surface area contributed by atoms with Gasteiger partial charge in [0, 0.05) is 11.1 Å². The van der Waals surface area contributed by atoms with Gasteiger partial charge in [-0.05, 0) is 30.2 Å². The predicted molar refractivity (Wildman–Crippen MR) is 54.3 cm³/mol. The molecule has 3 heteroatoms. The van der Waals surface area contributed by atoms with Gasteiger partial charge < -0.3 is 5.73 Å². The summed E-state index contributed by atoms with van der Waals surface area (Å²) < 4.78 is 0. The Kier molecular flexibility index (Phi) is 3.09. The molecular formula is C10H10ClNO. The van der Waals surface area contributed by atoms with Crippen molar-refractivity contribution in [2.24, 2.45) is 5.73 Å². The van der Waals surface area contributed by atoms with Gasteiger partial charge in [0.2, 0.25) is 5.91 Å². The average Bonchev–Trinajstić information content (AvgIpc) is 2.04. The maximum absolute atomic E-state index is 10.6. The molecular weight excluding hydrogens is 186 g/mol. The molecule has 0 aliphatic rings. The van der Waals surface area contributed by atoms with Gasteiger partial charge >= 0.3 is 0 Å². The Morgan fingerprint density at radius 3 is 2.38 bits per heavy atom. The molecule has 1 aromatic rings. The lowest BCUT2D eigenvalue weighted by Crippen LogP contribution is -2.06. The van der Waals surface area contributed by atoms with Crippen LogP contribution in [0.1, 0.15) is 12.5 Å². The van der Waals surface area contributed by atoms with E-state index in [-0.39, 0.29) is 0 Å². The van der Waals surface area contributed by atoms with Crippen molar-refractivity contribution < 1.29 is 4.79 Å². The number of halogens is 1. The Morgan fingerprint density at radius 2 is 1.92 bits per heavy atom. The molecule has 1 aromatic carbocycles. The number of carbonyl (C=O) groups excluding carboxylic acids is 1. The van der Waals surface area contributed by atoms with Gasteiger partial charge in [-0.25, -0.2) is 0 Å². The van der Waals surface area contributed by atoms with Crippen molar-refractivity contribution in [3.63, 3.8) is 0 Å². The third-order valence-corrected chi connectivity index (χ3v) is 1.91. The number of rotatable bonds is 2. The van der Waals surface area contributed by atoms with E-state index in [0.29, 0.717) is 5.02 Å². The van der Waals surface area contributed by atoms with E-state index in [1.54, 1.807) is 12.1 Å². The monoisotopic (exact) mass is 195 g/mol. The maximum Gasteiger partial charge on any atom is 0.241 e. The molecule has 0 heterocycles. The number of allylic oxidation sites excluding steroid dienone is 1. The van der Waals surface area contributed by atoms with Crippen LogP contribution in [0.15, 0.2) is 30.3 Å². The minimum atomic E-state index is -0.438. The lowest BCUT2D eigenvalue weighted by Gasteiger charge is -1.99. The van der Waals surface area contributed by atoms with Crippen molar-refractivity contribution in [1.29, 1.82) is 0 Å². The zero-order valence-corrected chi connectivity index (χ0v) is 8.01.